The van der Waals surface area contributed by atoms with Crippen molar-refractivity contribution < 1.29 is 19.3 Å². The van der Waals surface area contributed by atoms with E-state index in [1.165, 1.54) is 0 Å². The molecule has 124 valence electrons. The first-order valence-corrected chi connectivity index (χ1v) is 7.61. The molecule has 1 aromatic carbocycles. The molecule has 0 spiro atoms. The number of hydrogen-bond acceptors (Lipinski definition) is 6. The minimum absolute atomic E-state index is 0.216. The van der Waals surface area contributed by atoms with Crippen molar-refractivity contribution in [1.82, 2.24) is 15.1 Å². The van der Waals surface area contributed by atoms with E-state index in [1.807, 2.05) is 24.0 Å². The normalized spacial score (nSPS) is 14.0. The Morgan fingerprint density at radius 3 is 3.09 bits per heavy atom. The molecule has 0 bridgehead atoms. The zero-order valence-corrected chi connectivity index (χ0v) is 13.1. The van der Waals surface area contributed by atoms with Crippen LogP contribution in [0.1, 0.15) is 5.56 Å². The third-order valence-corrected chi connectivity index (χ3v) is 3.45. The molecule has 0 fully saturated rings. The molecule has 0 aliphatic carbocycles. The maximum atomic E-state index is 9.94. The number of aliphatic hydroxyl groups excluding tert-OH is 1. The van der Waals surface area contributed by atoms with Crippen molar-refractivity contribution in [2.45, 2.75) is 19.6 Å². The summed E-state index contributed by atoms with van der Waals surface area (Å²) in [5.74, 6) is 2.04. The molecule has 1 atom stereocenters. The zero-order chi connectivity index (χ0) is 16.1. The van der Waals surface area contributed by atoms with Crippen molar-refractivity contribution in [2.75, 3.05) is 26.5 Å². The Hall–Kier alpha value is -2.25. The van der Waals surface area contributed by atoms with Crippen LogP contribution in [-0.2, 0) is 6.54 Å². The molecule has 1 aromatic heterocycles. The zero-order valence-electron chi connectivity index (χ0n) is 13.1. The van der Waals surface area contributed by atoms with E-state index in [9.17, 15) is 5.11 Å². The molecule has 23 heavy (non-hydrogen) atoms. The third-order valence-electron chi connectivity index (χ3n) is 3.45. The Kier molecular flexibility index (Phi) is 4.99. The number of nitrogens with zero attached hydrogens (tertiary/aromatic N) is 2. The lowest BCUT2D eigenvalue weighted by Gasteiger charge is -2.13. The van der Waals surface area contributed by atoms with Gasteiger partial charge in [-0.05, 0) is 24.6 Å². The predicted molar refractivity (Wildman–Crippen MR) is 83.9 cm³/mol. The number of nitrogens with one attached hydrogen (secondary N) is 1. The van der Waals surface area contributed by atoms with E-state index < -0.39 is 6.10 Å². The fourth-order valence-electron chi connectivity index (χ4n) is 2.27. The first kappa shape index (κ1) is 15.6. The molecule has 3 rings (SSSR count). The number of rotatable bonds is 8. The van der Waals surface area contributed by atoms with Crippen LogP contribution in [0.15, 0.2) is 30.6 Å². The Bertz CT molecular complexity index is 644. The van der Waals surface area contributed by atoms with Crippen LogP contribution in [0, 0.1) is 6.92 Å². The predicted octanol–water partition coefficient (Wildman–Crippen LogP) is 0.950. The molecule has 2 N–H and O–H groups in total. The first-order chi connectivity index (χ1) is 11.2. The smallest absolute Gasteiger partial charge is 0.231 e. The summed E-state index contributed by atoms with van der Waals surface area (Å²) in [5.41, 5.74) is 1.14. The van der Waals surface area contributed by atoms with E-state index in [-0.39, 0.29) is 13.4 Å². The summed E-state index contributed by atoms with van der Waals surface area (Å²) in [5, 5.41) is 17.3. The minimum atomic E-state index is -0.584. The number of benzene rings is 1. The second-order valence-electron chi connectivity index (χ2n) is 5.46. The number of hydrogen-bond donors (Lipinski definition) is 2. The van der Waals surface area contributed by atoms with Crippen LogP contribution in [0.2, 0.25) is 0 Å². The summed E-state index contributed by atoms with van der Waals surface area (Å²) in [4.78, 5) is 0. The van der Waals surface area contributed by atoms with Crippen LogP contribution in [0.3, 0.4) is 0 Å². The lowest BCUT2D eigenvalue weighted by molar-refractivity contribution is 0.106. The van der Waals surface area contributed by atoms with Gasteiger partial charge in [0.25, 0.3) is 0 Å². The lowest BCUT2D eigenvalue weighted by Crippen LogP contribution is -2.33. The molecule has 0 radical (unpaired) electrons. The van der Waals surface area contributed by atoms with Crippen LogP contribution in [0.5, 0.6) is 17.2 Å². The van der Waals surface area contributed by atoms with E-state index in [4.69, 9.17) is 14.2 Å². The molecular formula is C16H21N3O4. The van der Waals surface area contributed by atoms with Crippen LogP contribution >= 0.6 is 0 Å². The molecule has 1 aliphatic heterocycles. The van der Waals surface area contributed by atoms with Crippen molar-refractivity contribution in [3.8, 4) is 17.2 Å². The van der Waals surface area contributed by atoms with Gasteiger partial charge in [-0.25, -0.2) is 0 Å². The average molecular weight is 319 g/mol. The Balaban J connectivity index is 1.34. The Morgan fingerprint density at radius 2 is 2.26 bits per heavy atom. The Morgan fingerprint density at radius 1 is 1.39 bits per heavy atom. The van der Waals surface area contributed by atoms with E-state index in [1.54, 1.807) is 18.2 Å². The number of aryl methyl sites for hydroxylation is 1. The van der Waals surface area contributed by atoms with Gasteiger partial charge in [0.15, 0.2) is 11.5 Å². The monoisotopic (exact) mass is 319 g/mol. The number of aliphatic hydroxyl groups is 1. The van der Waals surface area contributed by atoms with E-state index in [0.717, 1.165) is 18.7 Å². The standard InChI is InChI=1S/C16H21N3O4/c1-12-7-18-19(9-12)5-4-17-8-13(20)10-21-14-2-3-15-16(6-14)23-11-22-15/h2-3,6-7,9,13,17,20H,4-5,8,10-11H2,1H3/t13-/m0/s1. The summed E-state index contributed by atoms with van der Waals surface area (Å²) < 4.78 is 18.0. The average Bonchev–Trinajstić information content (AvgIpc) is 3.17. The Labute approximate surface area is 134 Å². The fraction of sp³-hybridized carbons (Fsp3) is 0.438. The summed E-state index contributed by atoms with van der Waals surface area (Å²) in [6.45, 7) is 4.43. The van der Waals surface area contributed by atoms with Crippen LogP contribution in [0.4, 0.5) is 0 Å². The highest BCUT2D eigenvalue weighted by Crippen LogP contribution is 2.35. The van der Waals surface area contributed by atoms with Crippen molar-refractivity contribution >= 4 is 0 Å². The summed E-state index contributed by atoms with van der Waals surface area (Å²) >= 11 is 0. The largest absolute Gasteiger partial charge is 0.491 e. The lowest BCUT2D eigenvalue weighted by atomic mass is 10.3. The van der Waals surface area contributed by atoms with Gasteiger partial charge < -0.3 is 24.6 Å². The quantitative estimate of drug-likeness (QED) is 0.706. The van der Waals surface area contributed by atoms with Crippen molar-refractivity contribution in [3.63, 3.8) is 0 Å². The second kappa shape index (κ2) is 7.34. The summed E-state index contributed by atoms with van der Waals surface area (Å²) in [7, 11) is 0. The highest BCUT2D eigenvalue weighted by Gasteiger charge is 2.14. The first-order valence-electron chi connectivity index (χ1n) is 7.61. The maximum Gasteiger partial charge on any atom is 0.231 e. The number of ether oxygens (including phenoxy) is 3. The highest BCUT2D eigenvalue weighted by atomic mass is 16.7. The molecule has 2 heterocycles. The second-order valence-corrected chi connectivity index (χ2v) is 5.46. The minimum Gasteiger partial charge on any atom is -0.491 e. The van der Waals surface area contributed by atoms with Gasteiger partial charge in [0.05, 0.1) is 12.7 Å². The van der Waals surface area contributed by atoms with Crippen LogP contribution < -0.4 is 19.5 Å². The van der Waals surface area contributed by atoms with Gasteiger partial charge in [0, 0.05) is 25.4 Å². The van der Waals surface area contributed by atoms with Crippen LogP contribution in [0.25, 0.3) is 0 Å². The van der Waals surface area contributed by atoms with Gasteiger partial charge in [-0.1, -0.05) is 0 Å². The summed E-state index contributed by atoms with van der Waals surface area (Å²) in [6, 6.07) is 5.37. The number of aromatic nitrogens is 2. The van der Waals surface area contributed by atoms with Gasteiger partial charge in [-0.3, -0.25) is 4.68 Å². The number of fused-ring (bicyclic) bond motifs is 1. The molecule has 7 nitrogen and oxygen atoms in total. The highest BCUT2D eigenvalue weighted by molar-refractivity contribution is 5.46. The third kappa shape index (κ3) is 4.37. The topological polar surface area (TPSA) is 77.8 Å². The molecule has 0 amide bonds. The van der Waals surface area contributed by atoms with Crippen molar-refractivity contribution in [1.29, 1.82) is 0 Å². The van der Waals surface area contributed by atoms with Gasteiger partial charge in [0.1, 0.15) is 18.5 Å². The maximum absolute atomic E-state index is 9.94. The van der Waals surface area contributed by atoms with Crippen LogP contribution in [-0.4, -0.2) is 47.5 Å². The molecule has 0 saturated heterocycles. The molecule has 0 unspecified atom stereocenters. The van der Waals surface area contributed by atoms with Crippen molar-refractivity contribution in [3.05, 3.63) is 36.2 Å². The summed E-state index contributed by atoms with van der Waals surface area (Å²) in [6.07, 6.45) is 3.23. The molecule has 7 heteroatoms. The van der Waals surface area contributed by atoms with Gasteiger partial charge in [-0.2, -0.15) is 5.10 Å². The van der Waals surface area contributed by atoms with E-state index in [0.29, 0.717) is 23.8 Å². The van der Waals surface area contributed by atoms with E-state index in [2.05, 4.69) is 10.4 Å². The fourth-order valence-corrected chi connectivity index (χ4v) is 2.27. The SMILES string of the molecule is Cc1cnn(CCNC[C@H](O)COc2ccc3c(c2)OCO3)c1. The molecule has 1 aliphatic rings. The van der Waals surface area contributed by atoms with Gasteiger partial charge in [-0.15, -0.1) is 0 Å². The van der Waals surface area contributed by atoms with Crippen molar-refractivity contribution in [2.24, 2.45) is 0 Å². The molecular weight excluding hydrogens is 298 g/mol. The van der Waals surface area contributed by atoms with Gasteiger partial charge in [0.2, 0.25) is 6.79 Å². The van der Waals surface area contributed by atoms with Gasteiger partial charge >= 0.3 is 0 Å². The molecule has 0 saturated carbocycles. The van der Waals surface area contributed by atoms with E-state index >= 15 is 0 Å². The molecule has 2 aromatic rings.